The van der Waals surface area contributed by atoms with Gasteiger partial charge in [-0.25, -0.2) is 9.78 Å². The van der Waals surface area contributed by atoms with E-state index in [0.29, 0.717) is 12.8 Å². The number of hydrogen-bond donors (Lipinski definition) is 2. The van der Waals surface area contributed by atoms with Gasteiger partial charge in [-0.2, -0.15) is 0 Å². The Morgan fingerprint density at radius 2 is 2.05 bits per heavy atom. The number of carbonyl (C=O) groups is 2. The highest BCUT2D eigenvalue weighted by atomic mass is 16.5. The van der Waals surface area contributed by atoms with Crippen LogP contribution in [-0.2, 0) is 4.79 Å². The summed E-state index contributed by atoms with van der Waals surface area (Å²) in [5.74, 6) is -1.24. The summed E-state index contributed by atoms with van der Waals surface area (Å²) in [7, 11) is 1.42. The molecule has 1 aromatic heterocycles. The molecular formula is C14H18N2O4. The number of methoxy groups -OCH3 is 1. The highest BCUT2D eigenvalue weighted by Gasteiger charge is 2.41. The molecule has 0 saturated heterocycles. The van der Waals surface area contributed by atoms with Gasteiger partial charge in [0.15, 0.2) is 0 Å². The van der Waals surface area contributed by atoms with E-state index in [1.807, 2.05) is 0 Å². The quantitative estimate of drug-likeness (QED) is 0.873. The van der Waals surface area contributed by atoms with Crippen molar-refractivity contribution in [3.05, 3.63) is 23.9 Å². The second-order valence-electron chi connectivity index (χ2n) is 4.96. The van der Waals surface area contributed by atoms with E-state index in [2.05, 4.69) is 10.3 Å². The summed E-state index contributed by atoms with van der Waals surface area (Å²) in [4.78, 5) is 27.8. The molecule has 1 amide bonds. The zero-order valence-corrected chi connectivity index (χ0v) is 11.4. The molecule has 1 aliphatic rings. The number of rotatable bonds is 4. The van der Waals surface area contributed by atoms with Crippen molar-refractivity contribution in [2.45, 2.75) is 37.6 Å². The average Bonchev–Trinajstić information content (AvgIpc) is 2.48. The van der Waals surface area contributed by atoms with E-state index in [1.54, 1.807) is 12.1 Å². The molecule has 6 nitrogen and oxygen atoms in total. The Morgan fingerprint density at radius 3 is 2.65 bits per heavy atom. The van der Waals surface area contributed by atoms with Crippen molar-refractivity contribution in [3.63, 3.8) is 0 Å². The van der Waals surface area contributed by atoms with Crippen molar-refractivity contribution >= 4 is 11.9 Å². The predicted molar refractivity (Wildman–Crippen MR) is 71.7 cm³/mol. The molecular weight excluding hydrogens is 260 g/mol. The molecule has 1 heterocycles. The maximum absolute atomic E-state index is 12.3. The Balaban J connectivity index is 2.22. The number of carboxylic acid groups (broad SMARTS) is 1. The lowest BCUT2D eigenvalue weighted by Crippen LogP contribution is -2.55. The van der Waals surface area contributed by atoms with E-state index in [1.165, 1.54) is 13.3 Å². The van der Waals surface area contributed by atoms with Crippen LogP contribution in [0.5, 0.6) is 5.88 Å². The molecule has 0 unspecified atom stereocenters. The third kappa shape index (κ3) is 2.74. The highest BCUT2D eigenvalue weighted by Crippen LogP contribution is 2.29. The van der Waals surface area contributed by atoms with Gasteiger partial charge in [-0.3, -0.25) is 4.79 Å². The molecule has 0 aromatic carbocycles. The van der Waals surface area contributed by atoms with Gasteiger partial charge < -0.3 is 15.2 Å². The first kappa shape index (κ1) is 14.3. The molecule has 20 heavy (non-hydrogen) atoms. The standard InChI is InChI=1S/C14H18N2O4/c1-20-12-10(6-5-9-15-12)11(17)16-14(13(18)19)7-3-2-4-8-14/h5-6,9H,2-4,7-8H2,1H3,(H,16,17)(H,18,19). The van der Waals surface area contributed by atoms with Gasteiger partial charge in [-0.1, -0.05) is 19.3 Å². The van der Waals surface area contributed by atoms with Crippen molar-refractivity contribution in [2.24, 2.45) is 0 Å². The smallest absolute Gasteiger partial charge is 0.329 e. The van der Waals surface area contributed by atoms with Crippen LogP contribution in [0, 0.1) is 0 Å². The number of amides is 1. The molecule has 0 aliphatic heterocycles. The SMILES string of the molecule is COc1ncccc1C(=O)NC1(C(=O)O)CCCCC1. The minimum absolute atomic E-state index is 0.196. The molecule has 1 saturated carbocycles. The van der Waals surface area contributed by atoms with Crippen LogP contribution in [0.2, 0.25) is 0 Å². The number of carboxylic acids is 1. The summed E-state index contributed by atoms with van der Waals surface area (Å²) < 4.78 is 5.03. The third-order valence-corrected chi connectivity index (χ3v) is 3.68. The Hall–Kier alpha value is -2.11. The minimum Gasteiger partial charge on any atom is -0.480 e. The van der Waals surface area contributed by atoms with Gasteiger partial charge in [0.25, 0.3) is 5.91 Å². The highest BCUT2D eigenvalue weighted by molar-refractivity contribution is 5.99. The van der Waals surface area contributed by atoms with Crippen LogP contribution in [0.1, 0.15) is 42.5 Å². The van der Waals surface area contributed by atoms with Crippen LogP contribution in [0.3, 0.4) is 0 Å². The average molecular weight is 278 g/mol. The van der Waals surface area contributed by atoms with Crippen molar-refractivity contribution in [1.29, 1.82) is 0 Å². The lowest BCUT2D eigenvalue weighted by atomic mass is 9.81. The van der Waals surface area contributed by atoms with Gasteiger partial charge in [-0.15, -0.1) is 0 Å². The fourth-order valence-corrected chi connectivity index (χ4v) is 2.56. The summed E-state index contributed by atoms with van der Waals surface area (Å²) in [6.07, 6.45) is 5.03. The van der Waals surface area contributed by atoms with Gasteiger partial charge in [0.1, 0.15) is 11.1 Å². The van der Waals surface area contributed by atoms with E-state index < -0.39 is 17.4 Å². The monoisotopic (exact) mass is 278 g/mol. The summed E-state index contributed by atoms with van der Waals surface area (Å²) in [6.45, 7) is 0. The van der Waals surface area contributed by atoms with Gasteiger partial charge >= 0.3 is 5.97 Å². The second kappa shape index (κ2) is 5.90. The Morgan fingerprint density at radius 1 is 1.35 bits per heavy atom. The zero-order chi connectivity index (χ0) is 14.6. The van der Waals surface area contributed by atoms with Crippen LogP contribution in [0.4, 0.5) is 0 Å². The van der Waals surface area contributed by atoms with Crippen LogP contribution < -0.4 is 10.1 Å². The number of pyridine rings is 1. The molecule has 0 radical (unpaired) electrons. The molecule has 0 spiro atoms. The van der Waals surface area contributed by atoms with Gasteiger partial charge in [0.2, 0.25) is 5.88 Å². The molecule has 0 bridgehead atoms. The van der Waals surface area contributed by atoms with Crippen molar-refractivity contribution in [3.8, 4) is 5.88 Å². The largest absolute Gasteiger partial charge is 0.480 e. The van der Waals surface area contributed by atoms with Crippen LogP contribution in [-0.4, -0.2) is 34.6 Å². The molecule has 1 aliphatic carbocycles. The molecule has 2 rings (SSSR count). The van der Waals surface area contributed by atoms with Gasteiger partial charge in [0.05, 0.1) is 7.11 Å². The Kier molecular flexibility index (Phi) is 4.22. The number of ether oxygens (including phenoxy) is 1. The summed E-state index contributed by atoms with van der Waals surface area (Å²) in [5, 5.41) is 12.1. The van der Waals surface area contributed by atoms with Crippen molar-refractivity contribution < 1.29 is 19.4 Å². The number of hydrogen-bond acceptors (Lipinski definition) is 4. The van der Waals surface area contributed by atoms with Crippen LogP contribution >= 0.6 is 0 Å². The maximum atomic E-state index is 12.3. The normalized spacial score (nSPS) is 17.2. The van der Waals surface area contributed by atoms with E-state index in [9.17, 15) is 14.7 Å². The Labute approximate surface area is 117 Å². The van der Waals surface area contributed by atoms with Crippen molar-refractivity contribution in [2.75, 3.05) is 7.11 Å². The number of nitrogens with one attached hydrogen (secondary N) is 1. The molecule has 1 aromatic rings. The summed E-state index contributed by atoms with van der Waals surface area (Å²) in [5.41, 5.74) is -0.919. The third-order valence-electron chi connectivity index (χ3n) is 3.68. The fraction of sp³-hybridized carbons (Fsp3) is 0.500. The fourth-order valence-electron chi connectivity index (χ4n) is 2.56. The first-order chi connectivity index (χ1) is 9.59. The maximum Gasteiger partial charge on any atom is 0.329 e. The number of carbonyl (C=O) groups excluding carboxylic acids is 1. The van der Waals surface area contributed by atoms with E-state index in [0.717, 1.165) is 19.3 Å². The Bertz CT molecular complexity index is 510. The molecule has 6 heteroatoms. The lowest BCUT2D eigenvalue weighted by Gasteiger charge is -2.34. The topological polar surface area (TPSA) is 88.5 Å². The second-order valence-corrected chi connectivity index (χ2v) is 4.96. The minimum atomic E-state index is -1.17. The van der Waals surface area contributed by atoms with Gasteiger partial charge in [0, 0.05) is 6.20 Å². The van der Waals surface area contributed by atoms with Crippen LogP contribution in [0.15, 0.2) is 18.3 Å². The van der Waals surface area contributed by atoms with E-state index >= 15 is 0 Å². The number of nitrogens with zero attached hydrogens (tertiary/aromatic N) is 1. The van der Waals surface area contributed by atoms with Crippen molar-refractivity contribution in [1.82, 2.24) is 10.3 Å². The summed E-state index contributed by atoms with van der Waals surface area (Å²) >= 11 is 0. The van der Waals surface area contributed by atoms with E-state index in [-0.39, 0.29) is 11.4 Å². The molecule has 2 N–H and O–H groups in total. The number of aromatic nitrogens is 1. The van der Waals surface area contributed by atoms with Crippen LogP contribution in [0.25, 0.3) is 0 Å². The molecule has 0 atom stereocenters. The molecule has 1 fully saturated rings. The summed E-state index contributed by atoms with van der Waals surface area (Å²) in [6, 6.07) is 3.19. The predicted octanol–water partition coefficient (Wildman–Crippen LogP) is 1.61. The first-order valence-corrected chi connectivity index (χ1v) is 6.64. The number of aliphatic carboxylic acids is 1. The molecule has 108 valence electrons. The zero-order valence-electron chi connectivity index (χ0n) is 11.4. The lowest BCUT2D eigenvalue weighted by molar-refractivity contribution is -0.145. The van der Waals surface area contributed by atoms with Gasteiger partial charge in [-0.05, 0) is 25.0 Å². The first-order valence-electron chi connectivity index (χ1n) is 6.64. The van der Waals surface area contributed by atoms with E-state index in [4.69, 9.17) is 4.74 Å².